The van der Waals surface area contributed by atoms with Crippen LogP contribution in [0.4, 0.5) is 0 Å². The van der Waals surface area contributed by atoms with Gasteiger partial charge in [-0.3, -0.25) is 0 Å². The topological polar surface area (TPSA) is 18.5 Å². The van der Waals surface area contributed by atoms with Crippen LogP contribution >= 0.6 is 0 Å². The van der Waals surface area contributed by atoms with E-state index in [2.05, 4.69) is 64.1 Å². The first-order chi connectivity index (χ1) is 14.5. The zero-order valence-corrected chi connectivity index (χ0v) is 18.4. The Labute approximate surface area is 181 Å². The van der Waals surface area contributed by atoms with Crippen LogP contribution in [0, 0.1) is 13.8 Å². The maximum absolute atomic E-state index is 6.13. The van der Waals surface area contributed by atoms with Crippen LogP contribution in [0.2, 0.25) is 0 Å². The highest BCUT2D eigenvalue weighted by Gasteiger charge is 2.15. The lowest BCUT2D eigenvalue weighted by molar-refractivity contribution is 0.0498. The fourth-order valence-corrected chi connectivity index (χ4v) is 3.64. The van der Waals surface area contributed by atoms with Crippen molar-refractivity contribution in [3.8, 4) is 0 Å². The van der Waals surface area contributed by atoms with E-state index in [0.717, 1.165) is 18.4 Å². The van der Waals surface area contributed by atoms with Crippen LogP contribution in [0.3, 0.4) is 0 Å². The summed E-state index contributed by atoms with van der Waals surface area (Å²) in [6.45, 7) is 12.0. The van der Waals surface area contributed by atoms with Gasteiger partial charge in [0, 0.05) is 0 Å². The third-order valence-corrected chi connectivity index (χ3v) is 5.52. The zero-order chi connectivity index (χ0) is 21.3. The Morgan fingerprint density at radius 1 is 0.700 bits per heavy atom. The average Bonchev–Trinajstić information content (AvgIpc) is 2.77. The number of hydrogen-bond acceptors (Lipinski definition) is 2. The summed E-state index contributed by atoms with van der Waals surface area (Å²) in [5.74, 6) is 0. The van der Waals surface area contributed by atoms with E-state index in [0.29, 0.717) is 13.2 Å². The van der Waals surface area contributed by atoms with Crippen molar-refractivity contribution in [1.29, 1.82) is 0 Å². The molecule has 3 aromatic rings. The summed E-state index contributed by atoms with van der Waals surface area (Å²) in [4.78, 5) is 0. The van der Waals surface area contributed by atoms with E-state index >= 15 is 0 Å². The maximum atomic E-state index is 6.13. The van der Waals surface area contributed by atoms with Gasteiger partial charge in [0.2, 0.25) is 0 Å². The Bertz CT molecular complexity index is 903. The standard InChI is InChI=1S/C28H33O2/c1-21-15-16-27(17-22(2)29-19-25-11-7-5-8-12-25)28(24(21)4)18-23(3)30-20-26-13-9-6-10-14-26/h5-16,22-23H,4,17-20H2,1-3H3. The van der Waals surface area contributed by atoms with Gasteiger partial charge in [-0.1, -0.05) is 72.8 Å². The quantitative estimate of drug-likeness (QED) is 0.387. The molecule has 3 rings (SSSR count). The monoisotopic (exact) mass is 401 g/mol. The lowest BCUT2D eigenvalue weighted by Crippen LogP contribution is -2.17. The molecule has 0 bridgehead atoms. The Kier molecular flexibility index (Phi) is 8.24. The molecule has 0 heterocycles. The fraction of sp³-hybridized carbons (Fsp3) is 0.321. The van der Waals surface area contributed by atoms with Crippen LogP contribution in [-0.2, 0) is 35.5 Å². The molecular weight excluding hydrogens is 368 g/mol. The van der Waals surface area contributed by atoms with Gasteiger partial charge in [-0.15, -0.1) is 0 Å². The van der Waals surface area contributed by atoms with Crippen molar-refractivity contribution < 1.29 is 9.47 Å². The van der Waals surface area contributed by atoms with Crippen molar-refractivity contribution in [2.75, 3.05) is 0 Å². The van der Waals surface area contributed by atoms with Gasteiger partial charge in [-0.2, -0.15) is 0 Å². The molecule has 0 N–H and O–H groups in total. The lowest BCUT2D eigenvalue weighted by atomic mass is 9.91. The van der Waals surface area contributed by atoms with Crippen LogP contribution in [0.25, 0.3) is 0 Å². The Balaban J connectivity index is 1.62. The minimum absolute atomic E-state index is 0.117. The van der Waals surface area contributed by atoms with Crippen molar-refractivity contribution in [2.45, 2.75) is 59.0 Å². The van der Waals surface area contributed by atoms with Gasteiger partial charge in [0.25, 0.3) is 0 Å². The van der Waals surface area contributed by atoms with Gasteiger partial charge < -0.3 is 9.47 Å². The average molecular weight is 402 g/mol. The first-order valence-corrected chi connectivity index (χ1v) is 10.8. The summed E-state index contributed by atoms with van der Waals surface area (Å²) in [6.07, 6.45) is 1.98. The minimum Gasteiger partial charge on any atom is -0.373 e. The second kappa shape index (κ2) is 11.1. The summed E-state index contributed by atoms with van der Waals surface area (Å²) in [5, 5.41) is 0. The molecule has 3 aromatic carbocycles. The molecule has 0 aliphatic rings. The van der Waals surface area contributed by atoms with E-state index in [-0.39, 0.29) is 12.2 Å². The van der Waals surface area contributed by atoms with Crippen LogP contribution < -0.4 is 0 Å². The van der Waals surface area contributed by atoms with Crippen LogP contribution in [-0.4, -0.2) is 12.2 Å². The van der Waals surface area contributed by atoms with Gasteiger partial charge in [-0.25, -0.2) is 0 Å². The Morgan fingerprint density at radius 2 is 1.20 bits per heavy atom. The van der Waals surface area contributed by atoms with Crippen molar-refractivity contribution >= 4 is 0 Å². The second-order valence-electron chi connectivity index (χ2n) is 8.12. The van der Waals surface area contributed by atoms with Gasteiger partial charge in [-0.05, 0) is 73.9 Å². The zero-order valence-electron chi connectivity index (χ0n) is 18.4. The predicted octanol–water partition coefficient (Wildman–Crippen LogP) is 6.47. The molecule has 0 amide bonds. The number of ether oxygens (including phenoxy) is 2. The van der Waals surface area contributed by atoms with Gasteiger partial charge in [0.05, 0.1) is 25.4 Å². The predicted molar refractivity (Wildman–Crippen MR) is 124 cm³/mol. The molecule has 0 aliphatic heterocycles. The van der Waals surface area contributed by atoms with E-state index in [1.807, 2.05) is 36.4 Å². The fourth-order valence-electron chi connectivity index (χ4n) is 3.64. The molecule has 0 fully saturated rings. The molecule has 30 heavy (non-hydrogen) atoms. The van der Waals surface area contributed by atoms with Crippen molar-refractivity contribution in [1.82, 2.24) is 0 Å². The third-order valence-electron chi connectivity index (χ3n) is 5.52. The Morgan fingerprint density at radius 3 is 1.73 bits per heavy atom. The molecule has 2 atom stereocenters. The van der Waals surface area contributed by atoms with Gasteiger partial charge in [0.15, 0.2) is 0 Å². The first-order valence-electron chi connectivity index (χ1n) is 10.8. The number of benzene rings is 3. The summed E-state index contributed by atoms with van der Waals surface area (Å²) in [5.41, 5.74) is 7.35. The van der Waals surface area contributed by atoms with E-state index in [4.69, 9.17) is 9.47 Å². The van der Waals surface area contributed by atoms with E-state index in [1.54, 1.807) is 0 Å². The SMILES string of the molecule is [CH2]c1c(C)ccc(CC(C)OCc2ccccc2)c1CC(C)OCc1ccccc1. The van der Waals surface area contributed by atoms with E-state index < -0.39 is 0 Å². The molecule has 157 valence electrons. The van der Waals surface area contributed by atoms with Crippen molar-refractivity contribution in [3.63, 3.8) is 0 Å². The normalized spacial score (nSPS) is 13.2. The summed E-state index contributed by atoms with van der Waals surface area (Å²) in [7, 11) is 0. The lowest BCUT2D eigenvalue weighted by Gasteiger charge is -2.21. The molecule has 2 nitrogen and oxygen atoms in total. The second-order valence-corrected chi connectivity index (χ2v) is 8.12. The van der Waals surface area contributed by atoms with Gasteiger partial charge in [0.1, 0.15) is 0 Å². The highest BCUT2D eigenvalue weighted by molar-refractivity contribution is 5.43. The molecular formula is C28H33O2. The van der Waals surface area contributed by atoms with E-state index in [1.165, 1.54) is 27.8 Å². The summed E-state index contributed by atoms with van der Waals surface area (Å²) >= 11 is 0. The Hall–Kier alpha value is -2.42. The minimum atomic E-state index is 0.117. The highest BCUT2D eigenvalue weighted by atomic mass is 16.5. The smallest absolute Gasteiger partial charge is 0.0720 e. The van der Waals surface area contributed by atoms with E-state index in [9.17, 15) is 0 Å². The molecule has 0 spiro atoms. The van der Waals surface area contributed by atoms with Gasteiger partial charge >= 0.3 is 0 Å². The number of hydrogen-bond donors (Lipinski definition) is 0. The maximum Gasteiger partial charge on any atom is 0.0720 e. The molecule has 2 heteroatoms. The molecule has 2 unspecified atom stereocenters. The van der Waals surface area contributed by atoms with Crippen molar-refractivity contribution in [3.05, 3.63) is 113 Å². The molecule has 0 aromatic heterocycles. The van der Waals surface area contributed by atoms with Crippen LogP contribution in [0.5, 0.6) is 0 Å². The summed E-state index contributed by atoms with van der Waals surface area (Å²) < 4.78 is 12.2. The summed E-state index contributed by atoms with van der Waals surface area (Å²) in [6, 6.07) is 25.1. The third kappa shape index (κ3) is 6.55. The highest BCUT2D eigenvalue weighted by Crippen LogP contribution is 2.23. The molecule has 0 saturated carbocycles. The molecule has 0 aliphatic carbocycles. The van der Waals surface area contributed by atoms with Crippen molar-refractivity contribution in [2.24, 2.45) is 0 Å². The molecule has 1 radical (unpaired) electrons. The first kappa shape index (κ1) is 22.3. The molecule has 0 saturated heterocycles. The van der Waals surface area contributed by atoms with Crippen LogP contribution in [0.15, 0.2) is 72.8 Å². The number of rotatable bonds is 10. The van der Waals surface area contributed by atoms with Crippen LogP contribution in [0.1, 0.15) is 47.2 Å². The number of aryl methyl sites for hydroxylation is 1. The largest absolute Gasteiger partial charge is 0.373 e.